The summed E-state index contributed by atoms with van der Waals surface area (Å²) in [5, 5.41) is 4.34. The van der Waals surface area contributed by atoms with Crippen LogP contribution in [0.1, 0.15) is 62.8 Å². The fraction of sp³-hybridized carbons (Fsp3) is 0.650. The summed E-state index contributed by atoms with van der Waals surface area (Å²) in [4.78, 5) is 32.8. The lowest BCUT2D eigenvalue weighted by molar-refractivity contribution is -0.120. The number of carbonyl (C=O) groups is 1. The fourth-order valence-corrected chi connectivity index (χ4v) is 5.87. The average Bonchev–Trinajstić information content (AvgIpc) is 3.21. The second-order valence-corrected chi connectivity index (χ2v) is 10.0. The molecule has 0 aromatic carbocycles. The number of nitrogens with zero attached hydrogens (tertiary/aromatic N) is 2. The summed E-state index contributed by atoms with van der Waals surface area (Å²) in [6.45, 7) is 4.75. The van der Waals surface area contributed by atoms with E-state index < -0.39 is 0 Å². The van der Waals surface area contributed by atoms with Gasteiger partial charge in [0.2, 0.25) is 5.91 Å². The van der Waals surface area contributed by atoms with Gasteiger partial charge in [0.05, 0.1) is 10.6 Å². The van der Waals surface area contributed by atoms with E-state index in [2.05, 4.69) is 12.2 Å². The molecule has 2 heterocycles. The molecule has 27 heavy (non-hydrogen) atoms. The highest BCUT2D eigenvalue weighted by atomic mass is 32.2. The molecule has 1 atom stereocenters. The molecule has 0 unspecified atom stereocenters. The molecule has 5 nitrogen and oxygen atoms in total. The Balaban J connectivity index is 1.67. The van der Waals surface area contributed by atoms with Crippen LogP contribution < -0.4 is 10.9 Å². The van der Waals surface area contributed by atoms with Gasteiger partial charge in [-0.15, -0.1) is 11.3 Å². The summed E-state index contributed by atoms with van der Waals surface area (Å²) in [5.41, 5.74) is 1.32. The number of thiophene rings is 1. The van der Waals surface area contributed by atoms with Gasteiger partial charge in [-0.2, -0.15) is 0 Å². The largest absolute Gasteiger partial charge is 0.352 e. The highest BCUT2D eigenvalue weighted by Gasteiger charge is 2.28. The number of nitrogens with one attached hydrogen (secondary N) is 1. The Hall–Kier alpha value is -1.34. The summed E-state index contributed by atoms with van der Waals surface area (Å²) in [5.74, 6) is 0.0469. The van der Waals surface area contributed by atoms with Crippen molar-refractivity contribution in [3.63, 3.8) is 0 Å². The minimum atomic E-state index is -0.251. The van der Waals surface area contributed by atoms with Crippen LogP contribution in [0.15, 0.2) is 9.95 Å². The second kappa shape index (κ2) is 7.95. The minimum Gasteiger partial charge on any atom is -0.352 e. The van der Waals surface area contributed by atoms with Crippen LogP contribution >= 0.6 is 23.1 Å². The van der Waals surface area contributed by atoms with E-state index in [0.717, 1.165) is 61.6 Å². The zero-order valence-electron chi connectivity index (χ0n) is 16.0. The quantitative estimate of drug-likeness (QED) is 0.411. The Morgan fingerprint density at radius 3 is 2.93 bits per heavy atom. The van der Waals surface area contributed by atoms with Crippen LogP contribution in [0.25, 0.3) is 10.2 Å². The van der Waals surface area contributed by atoms with Gasteiger partial charge in [-0.3, -0.25) is 14.2 Å². The second-order valence-electron chi connectivity index (χ2n) is 7.64. The molecule has 0 spiro atoms. The molecular weight excluding hydrogens is 378 g/mol. The van der Waals surface area contributed by atoms with E-state index in [1.807, 2.05) is 11.5 Å². The predicted octanol–water partition coefficient (Wildman–Crippen LogP) is 3.90. The smallest absolute Gasteiger partial charge is 0.263 e. The third-order valence-electron chi connectivity index (χ3n) is 5.35. The summed E-state index contributed by atoms with van der Waals surface area (Å²) in [7, 11) is 0. The van der Waals surface area contributed by atoms with E-state index in [-0.39, 0.29) is 16.7 Å². The van der Waals surface area contributed by atoms with Crippen molar-refractivity contribution < 1.29 is 4.79 Å². The molecule has 146 valence electrons. The predicted molar refractivity (Wildman–Crippen MR) is 112 cm³/mol. The fourth-order valence-electron chi connectivity index (χ4n) is 3.62. The number of unbranched alkanes of at least 4 members (excludes halogenated alkanes) is 2. The van der Waals surface area contributed by atoms with Crippen LogP contribution in [0.3, 0.4) is 0 Å². The number of fused-ring (bicyclic) bond motifs is 3. The van der Waals surface area contributed by atoms with Gasteiger partial charge >= 0.3 is 0 Å². The molecule has 7 heteroatoms. The Morgan fingerprint density at radius 1 is 1.37 bits per heavy atom. The highest BCUT2D eigenvalue weighted by Crippen LogP contribution is 2.36. The minimum absolute atomic E-state index is 0.0469. The summed E-state index contributed by atoms with van der Waals surface area (Å²) in [6, 6.07) is 0.350. The first kappa shape index (κ1) is 19.0. The molecule has 2 aromatic heterocycles. The van der Waals surface area contributed by atoms with Crippen molar-refractivity contribution in [3.05, 3.63) is 20.8 Å². The number of amides is 1. The van der Waals surface area contributed by atoms with Crippen molar-refractivity contribution in [2.75, 3.05) is 0 Å². The molecular formula is C20H27N3O2S2. The van der Waals surface area contributed by atoms with Crippen LogP contribution in [0.5, 0.6) is 0 Å². The summed E-state index contributed by atoms with van der Waals surface area (Å²) < 4.78 is 1.83. The Morgan fingerprint density at radius 2 is 2.19 bits per heavy atom. The van der Waals surface area contributed by atoms with E-state index in [9.17, 15) is 9.59 Å². The summed E-state index contributed by atoms with van der Waals surface area (Å²) in [6.07, 6.45) is 8.52. The number of hydrogen-bond donors (Lipinski definition) is 1. The van der Waals surface area contributed by atoms with Crippen molar-refractivity contribution in [3.8, 4) is 0 Å². The van der Waals surface area contributed by atoms with Gasteiger partial charge in [0, 0.05) is 17.5 Å². The molecule has 2 aliphatic carbocycles. The van der Waals surface area contributed by atoms with Crippen LogP contribution in [0.4, 0.5) is 0 Å². The maximum Gasteiger partial charge on any atom is 0.263 e. The molecule has 4 rings (SSSR count). The topological polar surface area (TPSA) is 64.0 Å². The van der Waals surface area contributed by atoms with E-state index in [1.54, 1.807) is 11.3 Å². The van der Waals surface area contributed by atoms with Crippen LogP contribution in [0.2, 0.25) is 0 Å². The zero-order valence-corrected chi connectivity index (χ0v) is 17.7. The van der Waals surface area contributed by atoms with Gasteiger partial charge in [-0.1, -0.05) is 31.5 Å². The molecule has 2 aliphatic rings. The third-order valence-corrected chi connectivity index (χ3v) is 7.63. The Bertz CT molecular complexity index is 914. The van der Waals surface area contributed by atoms with Gasteiger partial charge in [-0.05, 0) is 51.0 Å². The summed E-state index contributed by atoms with van der Waals surface area (Å²) >= 11 is 3.09. The number of rotatable bonds is 8. The average molecular weight is 406 g/mol. The molecule has 1 amide bonds. The Labute approximate surface area is 167 Å². The normalized spacial score (nSPS) is 17.3. The van der Waals surface area contributed by atoms with E-state index in [1.165, 1.54) is 22.2 Å². The number of aromatic nitrogens is 2. The van der Waals surface area contributed by atoms with E-state index >= 15 is 0 Å². The van der Waals surface area contributed by atoms with Crippen molar-refractivity contribution >= 4 is 39.2 Å². The van der Waals surface area contributed by atoms with E-state index in [4.69, 9.17) is 4.98 Å². The monoisotopic (exact) mass is 405 g/mol. The molecule has 1 saturated carbocycles. The SMILES string of the molecule is CCCCCn1c(S[C@H](C)C(=O)NC2CC2)nc2sc3c(c2c1=O)CCC3. The molecule has 1 fully saturated rings. The standard InChI is InChI=1S/C20H27N3O2S2/c1-3-4-5-11-23-19(25)16-14-7-6-8-15(14)27-18(16)22-20(23)26-12(2)17(24)21-13-9-10-13/h12-13H,3-11H2,1-2H3,(H,21,24)/t12-/m1/s1. The number of thioether (sulfide) groups is 1. The lowest BCUT2D eigenvalue weighted by atomic mass is 10.2. The van der Waals surface area contributed by atoms with Crippen molar-refractivity contribution in [2.24, 2.45) is 0 Å². The highest BCUT2D eigenvalue weighted by molar-refractivity contribution is 8.00. The first-order valence-electron chi connectivity index (χ1n) is 10.1. The van der Waals surface area contributed by atoms with Gasteiger partial charge in [-0.25, -0.2) is 4.98 Å². The lowest BCUT2D eigenvalue weighted by Gasteiger charge is -2.15. The maximum absolute atomic E-state index is 13.3. The molecule has 0 saturated heterocycles. The lowest BCUT2D eigenvalue weighted by Crippen LogP contribution is -2.33. The number of aryl methyl sites for hydroxylation is 2. The maximum atomic E-state index is 13.3. The van der Waals surface area contributed by atoms with E-state index in [0.29, 0.717) is 17.7 Å². The zero-order chi connectivity index (χ0) is 19.0. The molecule has 0 aliphatic heterocycles. The first-order valence-corrected chi connectivity index (χ1v) is 11.8. The van der Waals surface area contributed by atoms with Gasteiger partial charge in [0.1, 0.15) is 4.83 Å². The van der Waals surface area contributed by atoms with Crippen LogP contribution in [-0.4, -0.2) is 26.8 Å². The van der Waals surface area contributed by atoms with Gasteiger partial charge < -0.3 is 5.32 Å². The van der Waals surface area contributed by atoms with Crippen molar-refractivity contribution in [2.45, 2.75) is 88.2 Å². The van der Waals surface area contributed by atoms with Crippen molar-refractivity contribution in [1.82, 2.24) is 14.9 Å². The first-order chi connectivity index (χ1) is 13.1. The number of hydrogen-bond acceptors (Lipinski definition) is 5. The number of carbonyl (C=O) groups excluding carboxylic acids is 1. The molecule has 0 radical (unpaired) electrons. The molecule has 1 N–H and O–H groups in total. The van der Waals surface area contributed by atoms with Gasteiger partial charge in [0.15, 0.2) is 5.16 Å². The molecule has 0 bridgehead atoms. The van der Waals surface area contributed by atoms with Crippen LogP contribution in [0, 0.1) is 0 Å². The van der Waals surface area contributed by atoms with Gasteiger partial charge in [0.25, 0.3) is 5.56 Å². The van der Waals surface area contributed by atoms with Crippen LogP contribution in [-0.2, 0) is 24.2 Å². The van der Waals surface area contributed by atoms with Crippen molar-refractivity contribution in [1.29, 1.82) is 0 Å². The third kappa shape index (κ3) is 3.94. The Kier molecular flexibility index (Phi) is 5.60. The molecule has 2 aromatic rings.